The highest BCUT2D eigenvalue weighted by molar-refractivity contribution is 6.33. The van der Waals surface area contributed by atoms with Gasteiger partial charge < -0.3 is 29.0 Å². The Kier molecular flexibility index (Phi) is 6.74. The van der Waals surface area contributed by atoms with Crippen LogP contribution in [0.5, 0.6) is 11.5 Å². The van der Waals surface area contributed by atoms with Gasteiger partial charge in [0.1, 0.15) is 0 Å². The van der Waals surface area contributed by atoms with Crippen molar-refractivity contribution in [3.63, 3.8) is 0 Å². The van der Waals surface area contributed by atoms with Crippen LogP contribution in [0.2, 0.25) is 5.02 Å². The van der Waals surface area contributed by atoms with Crippen molar-refractivity contribution >= 4 is 34.8 Å². The molecule has 9 heteroatoms. The molecule has 0 atom stereocenters. The lowest BCUT2D eigenvalue weighted by Crippen LogP contribution is -2.48. The summed E-state index contributed by atoms with van der Waals surface area (Å²) in [5.41, 5.74) is 1.87. The Bertz CT molecular complexity index is 1140. The molecule has 2 aromatic carbocycles. The van der Waals surface area contributed by atoms with E-state index < -0.39 is 0 Å². The molecule has 1 saturated heterocycles. The molecular weight excluding hydrogens is 446 g/mol. The number of rotatable bonds is 6. The van der Waals surface area contributed by atoms with E-state index in [4.69, 9.17) is 25.5 Å². The Morgan fingerprint density at radius 3 is 2.36 bits per heavy atom. The van der Waals surface area contributed by atoms with Gasteiger partial charge in [-0.15, -0.1) is 0 Å². The number of hydrogen-bond acceptors (Lipinski definition) is 6. The van der Waals surface area contributed by atoms with E-state index in [0.29, 0.717) is 59.7 Å². The molecule has 8 nitrogen and oxygen atoms in total. The highest BCUT2D eigenvalue weighted by Crippen LogP contribution is 2.31. The number of carbonyl (C=O) groups excluding carboxylic acids is 2. The van der Waals surface area contributed by atoms with E-state index in [1.165, 1.54) is 20.5 Å². The number of amides is 2. The first-order chi connectivity index (χ1) is 16.0. The van der Waals surface area contributed by atoms with Crippen LogP contribution in [0.3, 0.4) is 0 Å². The van der Waals surface area contributed by atoms with Crippen molar-refractivity contribution in [2.24, 2.45) is 0 Å². The number of nitrogens with zero attached hydrogens (tertiary/aromatic N) is 2. The van der Waals surface area contributed by atoms with Gasteiger partial charge >= 0.3 is 0 Å². The molecule has 172 valence electrons. The van der Waals surface area contributed by atoms with Crippen molar-refractivity contribution in [3.8, 4) is 11.5 Å². The zero-order valence-corrected chi connectivity index (χ0v) is 19.1. The third kappa shape index (κ3) is 4.90. The zero-order chi connectivity index (χ0) is 23.4. The summed E-state index contributed by atoms with van der Waals surface area (Å²) in [7, 11) is 3.06. The summed E-state index contributed by atoms with van der Waals surface area (Å²) >= 11 is 6.53. The summed E-state index contributed by atoms with van der Waals surface area (Å²) in [6, 6.07) is 13.7. The smallest absolute Gasteiger partial charge is 0.289 e. The van der Waals surface area contributed by atoms with Crippen molar-refractivity contribution in [2.75, 3.05) is 50.6 Å². The Hall–Kier alpha value is -3.65. The molecular formula is C24H24ClN3O5. The summed E-state index contributed by atoms with van der Waals surface area (Å²) in [5.74, 6) is 0.968. The molecule has 1 aromatic heterocycles. The molecule has 4 rings (SSSR count). The fourth-order valence-electron chi connectivity index (χ4n) is 3.73. The number of halogens is 1. The number of carbonyl (C=O) groups is 2. The maximum atomic E-state index is 12.7. The number of furan rings is 1. The van der Waals surface area contributed by atoms with Crippen LogP contribution in [-0.2, 0) is 0 Å². The van der Waals surface area contributed by atoms with Gasteiger partial charge in [-0.3, -0.25) is 9.59 Å². The first kappa shape index (κ1) is 22.5. The summed E-state index contributed by atoms with van der Waals surface area (Å²) < 4.78 is 15.7. The predicted molar refractivity (Wildman–Crippen MR) is 126 cm³/mol. The van der Waals surface area contributed by atoms with Gasteiger partial charge in [0, 0.05) is 37.4 Å². The van der Waals surface area contributed by atoms with Gasteiger partial charge in [0.25, 0.3) is 11.8 Å². The first-order valence-electron chi connectivity index (χ1n) is 10.4. The summed E-state index contributed by atoms with van der Waals surface area (Å²) in [6.07, 6.45) is 1.49. The molecule has 0 aliphatic carbocycles. The first-order valence-corrected chi connectivity index (χ1v) is 10.8. The van der Waals surface area contributed by atoms with Crippen molar-refractivity contribution in [1.29, 1.82) is 0 Å². The van der Waals surface area contributed by atoms with E-state index in [1.54, 1.807) is 47.4 Å². The molecule has 1 N–H and O–H groups in total. The molecule has 2 heterocycles. The molecule has 0 spiro atoms. The summed E-state index contributed by atoms with van der Waals surface area (Å²) in [5, 5.41) is 3.37. The summed E-state index contributed by atoms with van der Waals surface area (Å²) in [6.45, 7) is 2.41. The van der Waals surface area contributed by atoms with Gasteiger partial charge in [0.2, 0.25) is 0 Å². The number of piperazine rings is 1. The molecule has 33 heavy (non-hydrogen) atoms. The predicted octanol–water partition coefficient (Wildman–Crippen LogP) is 4.16. The third-order valence-corrected chi connectivity index (χ3v) is 5.79. The zero-order valence-electron chi connectivity index (χ0n) is 18.3. The van der Waals surface area contributed by atoms with E-state index in [1.807, 2.05) is 6.07 Å². The average molecular weight is 470 g/mol. The van der Waals surface area contributed by atoms with E-state index in [9.17, 15) is 9.59 Å². The van der Waals surface area contributed by atoms with Crippen LogP contribution in [0.15, 0.2) is 59.2 Å². The Labute approximate surface area is 196 Å². The second-order valence-electron chi connectivity index (χ2n) is 7.45. The Balaban J connectivity index is 1.39. The molecule has 1 aliphatic heterocycles. The van der Waals surface area contributed by atoms with Gasteiger partial charge in [-0.2, -0.15) is 0 Å². The number of ether oxygens (including phenoxy) is 2. The van der Waals surface area contributed by atoms with Crippen molar-refractivity contribution in [2.45, 2.75) is 0 Å². The largest absolute Gasteiger partial charge is 0.493 e. The van der Waals surface area contributed by atoms with Crippen LogP contribution in [-0.4, -0.2) is 57.1 Å². The van der Waals surface area contributed by atoms with E-state index in [2.05, 4.69) is 10.2 Å². The fraction of sp³-hybridized carbons (Fsp3) is 0.250. The van der Waals surface area contributed by atoms with Gasteiger partial charge in [-0.25, -0.2) is 0 Å². The van der Waals surface area contributed by atoms with E-state index >= 15 is 0 Å². The summed E-state index contributed by atoms with van der Waals surface area (Å²) in [4.78, 5) is 29.0. The minimum Gasteiger partial charge on any atom is -0.493 e. The van der Waals surface area contributed by atoms with Crippen molar-refractivity contribution < 1.29 is 23.5 Å². The topological polar surface area (TPSA) is 84.3 Å². The quantitative estimate of drug-likeness (QED) is 0.583. The van der Waals surface area contributed by atoms with E-state index in [-0.39, 0.29) is 11.8 Å². The molecule has 0 bridgehead atoms. The second kappa shape index (κ2) is 9.87. The molecule has 1 fully saturated rings. The molecule has 3 aromatic rings. The standard InChI is InChI=1S/C24H24ClN3O5/c1-31-20-8-5-16(14-22(20)32-2)23(29)26-17-6-7-19(18(25)15-17)27-9-11-28(12-10-27)24(30)21-4-3-13-33-21/h3-8,13-15H,9-12H2,1-2H3,(H,26,29). The van der Waals surface area contributed by atoms with Crippen LogP contribution in [0.1, 0.15) is 20.9 Å². The number of hydrogen-bond donors (Lipinski definition) is 1. The van der Waals surface area contributed by atoms with Crippen LogP contribution in [0, 0.1) is 0 Å². The van der Waals surface area contributed by atoms with Gasteiger partial charge in [0.15, 0.2) is 17.3 Å². The number of methoxy groups -OCH3 is 2. The highest BCUT2D eigenvalue weighted by atomic mass is 35.5. The van der Waals surface area contributed by atoms with Crippen LogP contribution in [0.4, 0.5) is 11.4 Å². The maximum Gasteiger partial charge on any atom is 0.289 e. The van der Waals surface area contributed by atoms with Gasteiger partial charge in [-0.1, -0.05) is 11.6 Å². The highest BCUT2D eigenvalue weighted by Gasteiger charge is 2.25. The number of anilines is 2. The Morgan fingerprint density at radius 1 is 0.970 bits per heavy atom. The van der Waals surface area contributed by atoms with Crippen molar-refractivity contribution in [1.82, 2.24) is 4.90 Å². The van der Waals surface area contributed by atoms with Gasteiger partial charge in [-0.05, 0) is 48.5 Å². The number of nitrogens with one attached hydrogen (secondary N) is 1. The molecule has 2 amide bonds. The minimum absolute atomic E-state index is 0.112. The molecule has 0 saturated carbocycles. The van der Waals surface area contributed by atoms with E-state index in [0.717, 1.165) is 5.69 Å². The minimum atomic E-state index is -0.287. The van der Waals surface area contributed by atoms with Gasteiger partial charge in [0.05, 0.1) is 31.2 Å². The lowest BCUT2D eigenvalue weighted by Gasteiger charge is -2.36. The Morgan fingerprint density at radius 2 is 1.73 bits per heavy atom. The van der Waals surface area contributed by atoms with Crippen molar-refractivity contribution in [3.05, 3.63) is 71.1 Å². The molecule has 1 aliphatic rings. The van der Waals surface area contributed by atoms with Crippen LogP contribution < -0.4 is 19.7 Å². The lowest BCUT2D eigenvalue weighted by molar-refractivity contribution is 0.0714. The molecule has 0 unspecified atom stereocenters. The average Bonchev–Trinajstić information content (AvgIpc) is 3.38. The maximum absolute atomic E-state index is 12.7. The third-order valence-electron chi connectivity index (χ3n) is 5.49. The normalized spacial score (nSPS) is 13.5. The second-order valence-corrected chi connectivity index (χ2v) is 7.85. The van der Waals surface area contributed by atoms with Crippen LogP contribution >= 0.6 is 11.6 Å². The monoisotopic (exact) mass is 469 g/mol. The fourth-order valence-corrected chi connectivity index (χ4v) is 4.03. The van der Waals surface area contributed by atoms with Crippen LogP contribution in [0.25, 0.3) is 0 Å². The number of benzene rings is 2. The molecule has 0 radical (unpaired) electrons. The SMILES string of the molecule is COc1ccc(C(=O)Nc2ccc(N3CCN(C(=O)c4ccco4)CC3)c(Cl)c2)cc1OC. The lowest BCUT2D eigenvalue weighted by atomic mass is 10.1.